The highest BCUT2D eigenvalue weighted by Crippen LogP contribution is 2.29. The molecule has 2 aromatic carbocycles. The van der Waals surface area contributed by atoms with E-state index in [4.69, 9.17) is 0 Å². The summed E-state index contributed by atoms with van der Waals surface area (Å²) >= 11 is 0. The van der Waals surface area contributed by atoms with Crippen molar-refractivity contribution in [1.82, 2.24) is 9.97 Å². The summed E-state index contributed by atoms with van der Waals surface area (Å²) in [6, 6.07) is 10.2. The first-order valence-corrected chi connectivity index (χ1v) is 8.30. The second kappa shape index (κ2) is 5.52. The van der Waals surface area contributed by atoms with Gasteiger partial charge in [0.25, 0.3) is 10.0 Å². The maximum absolute atomic E-state index is 12.6. The van der Waals surface area contributed by atoms with Crippen LogP contribution in [-0.2, 0) is 16.2 Å². The van der Waals surface area contributed by atoms with Crippen molar-refractivity contribution in [2.24, 2.45) is 0 Å². The number of rotatable bonds is 3. The molecule has 24 heavy (non-hydrogen) atoms. The van der Waals surface area contributed by atoms with Crippen LogP contribution in [0.3, 0.4) is 0 Å². The number of benzene rings is 2. The number of hydrogen-bond donors (Lipinski definition) is 2. The van der Waals surface area contributed by atoms with E-state index in [1.165, 1.54) is 30.3 Å². The molecule has 126 valence electrons. The average Bonchev–Trinajstić information content (AvgIpc) is 2.90. The van der Waals surface area contributed by atoms with Crippen LogP contribution in [-0.4, -0.2) is 18.4 Å². The van der Waals surface area contributed by atoms with Crippen molar-refractivity contribution in [3.8, 4) is 0 Å². The highest BCUT2D eigenvalue weighted by atomic mass is 32.2. The van der Waals surface area contributed by atoms with Crippen molar-refractivity contribution in [2.45, 2.75) is 18.0 Å². The number of imidazole rings is 1. The summed E-state index contributed by atoms with van der Waals surface area (Å²) in [5, 5.41) is 0. The zero-order valence-electron chi connectivity index (χ0n) is 12.3. The van der Waals surface area contributed by atoms with Crippen molar-refractivity contribution in [3.05, 3.63) is 53.9 Å². The van der Waals surface area contributed by atoms with E-state index in [0.717, 1.165) is 5.56 Å². The number of aromatic amines is 1. The van der Waals surface area contributed by atoms with Gasteiger partial charge in [-0.25, -0.2) is 13.4 Å². The summed E-state index contributed by atoms with van der Waals surface area (Å²) in [7, 11) is -3.83. The molecule has 1 heterocycles. The number of halogens is 3. The predicted molar refractivity (Wildman–Crippen MR) is 83.1 cm³/mol. The maximum Gasteiger partial charge on any atom is 0.449 e. The fourth-order valence-corrected chi connectivity index (χ4v) is 3.19. The molecule has 9 heteroatoms. The molecule has 0 spiro atoms. The quantitative estimate of drug-likeness (QED) is 0.752. The summed E-state index contributed by atoms with van der Waals surface area (Å²) in [6.45, 7) is 1.83. The summed E-state index contributed by atoms with van der Waals surface area (Å²) in [6.07, 6.45) is -4.60. The first kappa shape index (κ1) is 16.3. The molecule has 2 N–H and O–H groups in total. The van der Waals surface area contributed by atoms with Crippen LogP contribution in [0.25, 0.3) is 11.0 Å². The van der Waals surface area contributed by atoms with Gasteiger partial charge in [0.05, 0.1) is 21.6 Å². The van der Waals surface area contributed by atoms with Gasteiger partial charge in [-0.15, -0.1) is 0 Å². The van der Waals surface area contributed by atoms with E-state index in [1.54, 1.807) is 12.1 Å². The highest BCUT2D eigenvalue weighted by Gasteiger charge is 2.34. The third-order valence-corrected chi connectivity index (χ3v) is 4.73. The highest BCUT2D eigenvalue weighted by molar-refractivity contribution is 7.92. The Labute approximate surface area is 135 Å². The molecular weight excluding hydrogens is 343 g/mol. The molecule has 3 rings (SSSR count). The molecule has 3 aromatic rings. The van der Waals surface area contributed by atoms with Crippen LogP contribution in [0.5, 0.6) is 0 Å². The van der Waals surface area contributed by atoms with Crippen LogP contribution in [0, 0.1) is 6.92 Å². The van der Waals surface area contributed by atoms with E-state index < -0.39 is 22.0 Å². The lowest BCUT2D eigenvalue weighted by Gasteiger charge is -2.08. The summed E-state index contributed by atoms with van der Waals surface area (Å²) < 4.78 is 64.9. The molecule has 0 saturated heterocycles. The van der Waals surface area contributed by atoms with Gasteiger partial charge in [-0.2, -0.15) is 13.2 Å². The second-order valence-electron chi connectivity index (χ2n) is 5.23. The number of nitrogens with zero attached hydrogens (tertiary/aromatic N) is 1. The lowest BCUT2D eigenvalue weighted by atomic mass is 10.2. The van der Waals surface area contributed by atoms with Crippen LogP contribution in [0.1, 0.15) is 11.4 Å². The van der Waals surface area contributed by atoms with Gasteiger partial charge in [0, 0.05) is 0 Å². The van der Waals surface area contributed by atoms with Gasteiger partial charge in [-0.1, -0.05) is 17.7 Å². The van der Waals surface area contributed by atoms with Crippen molar-refractivity contribution < 1.29 is 21.6 Å². The summed E-state index contributed by atoms with van der Waals surface area (Å²) in [4.78, 5) is 5.63. The smallest absolute Gasteiger partial charge is 0.334 e. The van der Waals surface area contributed by atoms with Gasteiger partial charge in [0.1, 0.15) is 0 Å². The van der Waals surface area contributed by atoms with E-state index >= 15 is 0 Å². The van der Waals surface area contributed by atoms with Gasteiger partial charge in [-0.05, 0) is 37.3 Å². The van der Waals surface area contributed by atoms with Gasteiger partial charge in [-0.3, -0.25) is 4.72 Å². The Hall–Kier alpha value is -2.55. The minimum Gasteiger partial charge on any atom is -0.334 e. The fraction of sp³-hybridized carbons (Fsp3) is 0.133. The minimum absolute atomic E-state index is 0.0637. The first-order valence-electron chi connectivity index (χ1n) is 6.82. The molecule has 0 amide bonds. The standard InChI is InChI=1S/C15H12F3N3O2S/c1-9-2-5-11(6-3-9)24(22,23)21-10-4-7-12-13(8-10)20-14(19-12)15(16,17)18/h2-8,21H,1H3,(H,19,20). The van der Waals surface area contributed by atoms with Crippen molar-refractivity contribution in [1.29, 1.82) is 0 Å². The van der Waals surface area contributed by atoms with Gasteiger partial charge < -0.3 is 4.98 Å². The molecule has 5 nitrogen and oxygen atoms in total. The monoisotopic (exact) mass is 355 g/mol. The SMILES string of the molecule is Cc1ccc(S(=O)(=O)Nc2ccc3nc(C(F)(F)F)[nH]c3c2)cc1. The van der Waals surface area contributed by atoms with Crippen LogP contribution in [0.2, 0.25) is 0 Å². The van der Waals surface area contributed by atoms with E-state index in [1.807, 2.05) is 6.92 Å². The second-order valence-corrected chi connectivity index (χ2v) is 6.92. The summed E-state index contributed by atoms with van der Waals surface area (Å²) in [5.74, 6) is -1.13. The molecule has 0 fully saturated rings. The molecule has 1 aromatic heterocycles. The number of alkyl halides is 3. The van der Waals surface area contributed by atoms with Crippen LogP contribution >= 0.6 is 0 Å². The number of nitrogens with one attached hydrogen (secondary N) is 2. The number of fused-ring (bicyclic) bond motifs is 1. The van der Waals surface area contributed by atoms with E-state index in [9.17, 15) is 21.6 Å². The molecule has 0 saturated carbocycles. The Morgan fingerprint density at radius 2 is 1.75 bits per heavy atom. The van der Waals surface area contributed by atoms with E-state index in [2.05, 4.69) is 14.7 Å². The Bertz CT molecular complexity index is 993. The molecule has 0 atom stereocenters. The maximum atomic E-state index is 12.6. The lowest BCUT2D eigenvalue weighted by molar-refractivity contribution is -0.144. The third-order valence-electron chi connectivity index (χ3n) is 3.33. The average molecular weight is 355 g/mol. The third kappa shape index (κ3) is 3.21. The van der Waals surface area contributed by atoms with Crippen molar-refractivity contribution in [3.63, 3.8) is 0 Å². The lowest BCUT2D eigenvalue weighted by Crippen LogP contribution is -2.12. The van der Waals surface area contributed by atoms with Crippen LogP contribution in [0.15, 0.2) is 47.4 Å². The summed E-state index contributed by atoms with van der Waals surface area (Å²) in [5.41, 5.74) is 1.24. The predicted octanol–water partition coefficient (Wildman–Crippen LogP) is 3.69. The Kier molecular flexibility index (Phi) is 3.75. The Morgan fingerprint density at radius 3 is 2.38 bits per heavy atom. The van der Waals surface area contributed by atoms with E-state index in [0.29, 0.717) is 0 Å². The number of anilines is 1. The molecule has 0 bridgehead atoms. The number of hydrogen-bond acceptors (Lipinski definition) is 3. The molecule has 0 aliphatic heterocycles. The Balaban J connectivity index is 1.93. The van der Waals surface area contributed by atoms with Crippen LogP contribution in [0.4, 0.5) is 18.9 Å². The fourth-order valence-electron chi connectivity index (χ4n) is 2.14. The van der Waals surface area contributed by atoms with Gasteiger partial charge in [0.15, 0.2) is 0 Å². The van der Waals surface area contributed by atoms with Crippen molar-refractivity contribution >= 4 is 26.7 Å². The number of sulfonamides is 1. The molecule has 0 aliphatic carbocycles. The number of aryl methyl sites for hydroxylation is 1. The molecular formula is C15H12F3N3O2S. The topological polar surface area (TPSA) is 74.8 Å². The number of aromatic nitrogens is 2. The van der Waals surface area contributed by atoms with Gasteiger partial charge in [0.2, 0.25) is 5.82 Å². The Morgan fingerprint density at radius 1 is 1.08 bits per heavy atom. The molecule has 0 radical (unpaired) electrons. The van der Waals surface area contributed by atoms with Crippen molar-refractivity contribution in [2.75, 3.05) is 4.72 Å². The normalized spacial score (nSPS) is 12.5. The van der Waals surface area contributed by atoms with Crippen LogP contribution < -0.4 is 4.72 Å². The van der Waals surface area contributed by atoms with E-state index in [-0.39, 0.29) is 21.6 Å². The zero-order chi connectivity index (χ0) is 17.5. The molecule has 0 unspecified atom stereocenters. The molecule has 0 aliphatic rings. The largest absolute Gasteiger partial charge is 0.449 e. The first-order chi connectivity index (χ1) is 11.1. The van der Waals surface area contributed by atoms with Gasteiger partial charge >= 0.3 is 6.18 Å². The number of H-pyrrole nitrogens is 1. The zero-order valence-corrected chi connectivity index (χ0v) is 13.2. The minimum atomic E-state index is -4.60.